The second-order valence-electron chi connectivity index (χ2n) is 12.4. The quantitative estimate of drug-likeness (QED) is 0.179. The Hall–Kier alpha value is -6.14. The third kappa shape index (κ3) is 5.17. The van der Waals surface area contributed by atoms with Crippen molar-refractivity contribution < 1.29 is 19.2 Å². The van der Waals surface area contributed by atoms with Crippen LogP contribution in [-0.4, -0.2) is 23.6 Å². The van der Waals surface area contributed by atoms with Gasteiger partial charge in [-0.1, -0.05) is 119 Å². The minimum Gasteiger partial charge on any atom is -0.268 e. The molecule has 6 nitrogen and oxygen atoms in total. The number of nitrogens with zero attached hydrogens (tertiary/aromatic N) is 2. The SMILES string of the molecule is Cc1ccc(C2=C(c3ccc(C)cc3)C(=O)N(c3ccc(N4C(=O)C(c5ccc(C)cc5)=C(c5ccc(C)cc5)C4=O)cc3)C2=O)cc1. The van der Waals surface area contributed by atoms with Gasteiger partial charge in [0.15, 0.2) is 0 Å². The Morgan fingerprint density at radius 2 is 0.479 bits per heavy atom. The molecule has 48 heavy (non-hydrogen) atoms. The fraction of sp³-hybridized carbons (Fsp3) is 0.0952. The fourth-order valence-electron chi connectivity index (χ4n) is 6.23. The second-order valence-corrected chi connectivity index (χ2v) is 12.4. The van der Waals surface area contributed by atoms with Crippen molar-refractivity contribution in [2.45, 2.75) is 27.7 Å². The number of rotatable bonds is 6. The van der Waals surface area contributed by atoms with Crippen molar-refractivity contribution in [1.82, 2.24) is 0 Å². The van der Waals surface area contributed by atoms with Gasteiger partial charge in [-0.05, 0) is 74.2 Å². The maximum atomic E-state index is 14.1. The molecule has 0 fully saturated rings. The van der Waals surface area contributed by atoms with E-state index < -0.39 is 23.6 Å². The van der Waals surface area contributed by atoms with E-state index in [-0.39, 0.29) is 0 Å². The lowest BCUT2D eigenvalue weighted by atomic mass is 9.95. The van der Waals surface area contributed by atoms with E-state index in [0.717, 1.165) is 32.1 Å². The largest absolute Gasteiger partial charge is 0.268 e. The molecule has 0 saturated heterocycles. The average molecular weight is 629 g/mol. The zero-order valence-corrected chi connectivity index (χ0v) is 27.1. The van der Waals surface area contributed by atoms with E-state index in [0.29, 0.717) is 55.9 Å². The van der Waals surface area contributed by atoms with Gasteiger partial charge in [-0.15, -0.1) is 0 Å². The summed E-state index contributed by atoms with van der Waals surface area (Å²) in [5.41, 5.74) is 8.75. The van der Waals surface area contributed by atoms with E-state index in [1.807, 2.05) is 125 Å². The van der Waals surface area contributed by atoms with E-state index in [4.69, 9.17) is 0 Å². The van der Waals surface area contributed by atoms with Crippen LogP contribution in [0.3, 0.4) is 0 Å². The van der Waals surface area contributed by atoms with E-state index >= 15 is 0 Å². The first-order chi connectivity index (χ1) is 23.1. The van der Waals surface area contributed by atoms with E-state index in [1.165, 1.54) is 0 Å². The molecule has 2 heterocycles. The highest BCUT2D eigenvalue weighted by Crippen LogP contribution is 2.41. The van der Waals surface area contributed by atoms with Crippen molar-refractivity contribution in [1.29, 1.82) is 0 Å². The van der Waals surface area contributed by atoms with Gasteiger partial charge in [-0.25, -0.2) is 9.80 Å². The predicted molar refractivity (Wildman–Crippen MR) is 190 cm³/mol. The molecule has 5 aromatic carbocycles. The Labute approximate surface area is 279 Å². The van der Waals surface area contributed by atoms with Crippen LogP contribution < -0.4 is 9.80 Å². The predicted octanol–water partition coefficient (Wildman–Crippen LogP) is 7.89. The summed E-state index contributed by atoms with van der Waals surface area (Å²) in [5.74, 6) is -1.76. The van der Waals surface area contributed by atoms with Crippen molar-refractivity contribution in [2.24, 2.45) is 0 Å². The van der Waals surface area contributed by atoms with Gasteiger partial charge in [0.1, 0.15) is 0 Å². The van der Waals surface area contributed by atoms with Gasteiger partial charge in [-0.3, -0.25) is 19.2 Å². The normalized spacial score (nSPS) is 15.0. The number of anilines is 2. The first-order valence-corrected chi connectivity index (χ1v) is 15.8. The maximum Gasteiger partial charge on any atom is 0.266 e. The highest BCUT2D eigenvalue weighted by Gasteiger charge is 2.42. The number of hydrogen-bond acceptors (Lipinski definition) is 4. The minimum atomic E-state index is -0.439. The average Bonchev–Trinajstić information content (AvgIpc) is 3.50. The van der Waals surface area contributed by atoms with Gasteiger partial charge >= 0.3 is 0 Å². The number of benzene rings is 5. The molecule has 4 amide bonds. The van der Waals surface area contributed by atoms with Crippen molar-refractivity contribution in [3.63, 3.8) is 0 Å². The van der Waals surface area contributed by atoms with Crippen LogP contribution in [0.15, 0.2) is 121 Å². The number of carbonyl (C=O) groups is 4. The molecule has 0 spiro atoms. The van der Waals surface area contributed by atoms with Crippen LogP contribution >= 0.6 is 0 Å². The first-order valence-electron chi connectivity index (χ1n) is 15.8. The molecule has 0 atom stereocenters. The molecule has 2 aliphatic rings. The second kappa shape index (κ2) is 11.9. The Bertz CT molecular complexity index is 1890. The number of aryl methyl sites for hydroxylation is 4. The molecule has 0 radical (unpaired) electrons. The Morgan fingerprint density at radius 1 is 0.292 bits per heavy atom. The number of amides is 4. The van der Waals surface area contributed by atoms with Crippen LogP contribution in [0.1, 0.15) is 44.5 Å². The summed E-state index contributed by atoms with van der Waals surface area (Å²) in [6.45, 7) is 7.86. The lowest BCUT2D eigenvalue weighted by molar-refractivity contribution is -0.121. The summed E-state index contributed by atoms with van der Waals surface area (Å²) in [4.78, 5) is 58.6. The third-order valence-electron chi connectivity index (χ3n) is 8.89. The summed E-state index contributed by atoms with van der Waals surface area (Å²) in [6.07, 6.45) is 0. The van der Waals surface area contributed by atoms with Gasteiger partial charge in [0, 0.05) is 0 Å². The van der Waals surface area contributed by atoms with Gasteiger partial charge in [0.25, 0.3) is 23.6 Å². The maximum absolute atomic E-state index is 14.1. The highest BCUT2D eigenvalue weighted by atomic mass is 16.2. The molecule has 7 rings (SSSR count). The van der Waals surface area contributed by atoms with Crippen molar-refractivity contribution in [3.8, 4) is 0 Å². The fourth-order valence-corrected chi connectivity index (χ4v) is 6.23. The molecule has 0 N–H and O–H groups in total. The van der Waals surface area contributed by atoms with Crippen LogP contribution in [0, 0.1) is 27.7 Å². The zero-order chi connectivity index (χ0) is 33.7. The lowest BCUT2D eigenvalue weighted by Gasteiger charge is -2.19. The topological polar surface area (TPSA) is 74.8 Å². The van der Waals surface area contributed by atoms with Crippen molar-refractivity contribution in [3.05, 3.63) is 166 Å². The molecular formula is C42H32N2O4. The number of imide groups is 2. The summed E-state index contributed by atoms with van der Waals surface area (Å²) in [5, 5.41) is 0. The molecule has 0 aromatic heterocycles. The van der Waals surface area contributed by atoms with Gasteiger partial charge in [0.2, 0.25) is 0 Å². The standard InChI is InChI=1S/C42H32N2O4/c1-25-5-13-29(14-6-25)35-36(30-15-7-26(2)8-16-30)40(46)43(39(35)45)33-21-23-34(24-22-33)44-41(47)37(31-17-9-27(3)10-18-31)38(42(44)48)32-19-11-28(4)12-20-32/h5-24H,1-4H3. The van der Waals surface area contributed by atoms with Crippen LogP contribution in [0.5, 0.6) is 0 Å². The monoisotopic (exact) mass is 628 g/mol. The smallest absolute Gasteiger partial charge is 0.266 e. The van der Waals surface area contributed by atoms with Crippen molar-refractivity contribution in [2.75, 3.05) is 9.80 Å². The minimum absolute atomic E-state index is 0.326. The lowest BCUT2D eigenvalue weighted by Crippen LogP contribution is -2.32. The molecule has 6 heteroatoms. The van der Waals surface area contributed by atoms with Crippen LogP contribution in [-0.2, 0) is 19.2 Å². The number of carbonyl (C=O) groups excluding carboxylic acids is 4. The number of hydrogen-bond donors (Lipinski definition) is 0. The molecule has 5 aromatic rings. The summed E-state index contributed by atoms with van der Waals surface area (Å²) in [6, 6.07) is 36.6. The third-order valence-corrected chi connectivity index (χ3v) is 8.89. The molecule has 2 aliphatic heterocycles. The summed E-state index contributed by atoms with van der Waals surface area (Å²) >= 11 is 0. The summed E-state index contributed by atoms with van der Waals surface area (Å²) in [7, 11) is 0. The van der Waals surface area contributed by atoms with E-state index in [1.54, 1.807) is 24.3 Å². The molecular weight excluding hydrogens is 596 g/mol. The molecule has 0 unspecified atom stereocenters. The Morgan fingerprint density at radius 3 is 0.667 bits per heavy atom. The van der Waals surface area contributed by atoms with Gasteiger partial charge in [0.05, 0.1) is 33.7 Å². The molecule has 0 aliphatic carbocycles. The van der Waals surface area contributed by atoms with Crippen LogP contribution in [0.2, 0.25) is 0 Å². The van der Waals surface area contributed by atoms with Crippen molar-refractivity contribution >= 4 is 57.3 Å². The zero-order valence-electron chi connectivity index (χ0n) is 27.1. The van der Waals surface area contributed by atoms with Gasteiger partial charge in [-0.2, -0.15) is 0 Å². The van der Waals surface area contributed by atoms with Crippen LogP contribution in [0.4, 0.5) is 11.4 Å². The highest BCUT2D eigenvalue weighted by molar-refractivity contribution is 6.58. The Balaban J connectivity index is 1.26. The molecule has 234 valence electrons. The van der Waals surface area contributed by atoms with E-state index in [2.05, 4.69) is 0 Å². The Kier molecular flexibility index (Phi) is 7.56. The van der Waals surface area contributed by atoms with Crippen LogP contribution in [0.25, 0.3) is 22.3 Å². The first kappa shape index (κ1) is 30.5. The summed E-state index contributed by atoms with van der Waals surface area (Å²) < 4.78 is 0. The van der Waals surface area contributed by atoms with E-state index in [9.17, 15) is 19.2 Å². The van der Waals surface area contributed by atoms with Gasteiger partial charge < -0.3 is 0 Å². The molecule has 0 saturated carbocycles. The molecule has 0 bridgehead atoms.